The van der Waals surface area contributed by atoms with Gasteiger partial charge >= 0.3 is 6.18 Å². The number of rotatable bonds is 3. The number of aromatic nitrogens is 2. The number of hydrogen-bond acceptors (Lipinski definition) is 3. The fourth-order valence-electron chi connectivity index (χ4n) is 2.67. The lowest BCUT2D eigenvalue weighted by molar-refractivity contribution is -0.142. The molecule has 21 heavy (non-hydrogen) atoms. The lowest BCUT2D eigenvalue weighted by atomic mass is 9.94. The zero-order chi connectivity index (χ0) is 15.6. The van der Waals surface area contributed by atoms with E-state index in [-0.39, 0.29) is 17.4 Å². The van der Waals surface area contributed by atoms with E-state index >= 15 is 0 Å². The van der Waals surface area contributed by atoms with Crippen molar-refractivity contribution < 1.29 is 18.0 Å². The number of nitrogens with two attached hydrogens (primary N) is 1. The Bertz CT molecular complexity index is 506. The zero-order valence-corrected chi connectivity index (χ0v) is 11.9. The van der Waals surface area contributed by atoms with Crippen LogP contribution in [0.4, 0.5) is 18.9 Å². The van der Waals surface area contributed by atoms with E-state index in [0.29, 0.717) is 4.68 Å². The number of hydrogen-bond donors (Lipinski definition) is 1. The molecule has 1 aromatic heterocycles. The maximum atomic E-state index is 12.3. The number of carbonyl (C=O) groups is 1. The molecule has 118 valence electrons. The minimum atomic E-state index is -4.39. The Kier molecular flexibility index (Phi) is 4.43. The first-order valence-corrected chi connectivity index (χ1v) is 6.95. The first-order valence-electron chi connectivity index (χ1n) is 6.95. The second kappa shape index (κ2) is 5.95. The zero-order valence-electron chi connectivity index (χ0n) is 11.9. The number of carbonyl (C=O) groups excluding carboxylic acids is 1. The largest absolute Gasteiger partial charge is 0.408 e. The molecule has 0 unspecified atom stereocenters. The highest BCUT2D eigenvalue weighted by Crippen LogP contribution is 2.24. The Morgan fingerprint density at radius 1 is 1.43 bits per heavy atom. The topological polar surface area (TPSA) is 64.2 Å². The third kappa shape index (κ3) is 3.89. The molecular weight excluding hydrogens is 285 g/mol. The first kappa shape index (κ1) is 15.7. The van der Waals surface area contributed by atoms with E-state index in [0.717, 1.165) is 38.3 Å². The molecule has 0 bridgehead atoms. The van der Waals surface area contributed by atoms with Gasteiger partial charge in [-0.1, -0.05) is 19.3 Å². The van der Waals surface area contributed by atoms with Crippen molar-refractivity contribution in [3.63, 3.8) is 0 Å². The van der Waals surface area contributed by atoms with Gasteiger partial charge in [0.25, 0.3) is 5.91 Å². The molecule has 0 aromatic carbocycles. The normalized spacial score (nSPS) is 17.0. The van der Waals surface area contributed by atoms with Crippen molar-refractivity contribution in [1.82, 2.24) is 14.7 Å². The van der Waals surface area contributed by atoms with Crippen LogP contribution in [-0.4, -0.2) is 39.9 Å². The molecule has 1 heterocycles. The lowest BCUT2D eigenvalue weighted by Gasteiger charge is -2.30. The van der Waals surface area contributed by atoms with Crippen molar-refractivity contribution in [2.75, 3.05) is 12.8 Å². The number of alkyl halides is 3. The highest BCUT2D eigenvalue weighted by molar-refractivity contribution is 5.97. The summed E-state index contributed by atoms with van der Waals surface area (Å²) in [7, 11) is 1.65. The van der Waals surface area contributed by atoms with Gasteiger partial charge in [-0.05, 0) is 12.8 Å². The van der Waals surface area contributed by atoms with Crippen LogP contribution in [0, 0.1) is 0 Å². The molecule has 2 N–H and O–H groups in total. The highest BCUT2D eigenvalue weighted by Gasteiger charge is 2.31. The van der Waals surface area contributed by atoms with E-state index in [1.54, 1.807) is 11.9 Å². The number of nitrogen functional groups attached to an aromatic ring is 1. The average Bonchev–Trinajstić information content (AvgIpc) is 2.76. The summed E-state index contributed by atoms with van der Waals surface area (Å²) in [5, 5.41) is 3.69. The average molecular weight is 304 g/mol. The fourth-order valence-corrected chi connectivity index (χ4v) is 2.67. The first-order chi connectivity index (χ1) is 9.78. The molecule has 5 nitrogen and oxygen atoms in total. The van der Waals surface area contributed by atoms with Crippen LogP contribution < -0.4 is 5.73 Å². The predicted molar refractivity (Wildman–Crippen MR) is 71.7 cm³/mol. The molecule has 0 radical (unpaired) electrons. The van der Waals surface area contributed by atoms with Crippen molar-refractivity contribution in [1.29, 1.82) is 0 Å². The minimum absolute atomic E-state index is 0.0214. The van der Waals surface area contributed by atoms with E-state index < -0.39 is 18.6 Å². The molecule has 8 heteroatoms. The molecule has 0 saturated heterocycles. The number of halogens is 3. The van der Waals surface area contributed by atoms with E-state index in [1.165, 1.54) is 0 Å². The summed E-state index contributed by atoms with van der Waals surface area (Å²) in [6, 6.07) is 0.110. The molecule has 1 fully saturated rings. The third-order valence-electron chi connectivity index (χ3n) is 3.78. The van der Waals surface area contributed by atoms with E-state index in [9.17, 15) is 18.0 Å². The van der Waals surface area contributed by atoms with Gasteiger partial charge in [0.15, 0.2) is 5.69 Å². The van der Waals surface area contributed by atoms with E-state index in [2.05, 4.69) is 5.10 Å². The summed E-state index contributed by atoms with van der Waals surface area (Å²) < 4.78 is 37.7. The molecule has 0 spiro atoms. The van der Waals surface area contributed by atoms with Crippen molar-refractivity contribution in [2.45, 2.75) is 50.9 Å². The molecule has 0 aliphatic heterocycles. The van der Waals surface area contributed by atoms with Gasteiger partial charge in [-0.3, -0.25) is 9.48 Å². The van der Waals surface area contributed by atoms with Gasteiger partial charge in [-0.2, -0.15) is 18.3 Å². The Labute approximate surface area is 120 Å². The molecule has 0 atom stereocenters. The van der Waals surface area contributed by atoms with Crippen molar-refractivity contribution in [2.24, 2.45) is 0 Å². The van der Waals surface area contributed by atoms with Gasteiger partial charge in [0.2, 0.25) is 0 Å². The van der Waals surface area contributed by atoms with Gasteiger partial charge < -0.3 is 10.6 Å². The summed E-state index contributed by atoms with van der Waals surface area (Å²) in [5.74, 6) is -0.416. The maximum Gasteiger partial charge on any atom is 0.408 e. The molecule has 2 rings (SSSR count). The Hall–Kier alpha value is -1.73. The van der Waals surface area contributed by atoms with Gasteiger partial charge in [0, 0.05) is 19.3 Å². The van der Waals surface area contributed by atoms with Crippen molar-refractivity contribution in [3.8, 4) is 0 Å². The second-order valence-corrected chi connectivity index (χ2v) is 5.45. The molecule has 1 amide bonds. The van der Waals surface area contributed by atoms with Crippen LogP contribution in [0.3, 0.4) is 0 Å². The molecule has 1 aliphatic carbocycles. The third-order valence-corrected chi connectivity index (χ3v) is 3.78. The molecule has 1 aromatic rings. The van der Waals surface area contributed by atoms with Crippen LogP contribution in [0.2, 0.25) is 0 Å². The summed E-state index contributed by atoms with van der Waals surface area (Å²) >= 11 is 0. The number of nitrogens with zero attached hydrogens (tertiary/aromatic N) is 3. The predicted octanol–water partition coefficient (Wildman–Crippen LogP) is 2.43. The molecule has 1 saturated carbocycles. The fraction of sp³-hybridized carbons (Fsp3) is 0.692. The Morgan fingerprint density at radius 3 is 2.62 bits per heavy atom. The quantitative estimate of drug-likeness (QED) is 0.933. The van der Waals surface area contributed by atoms with Crippen molar-refractivity contribution in [3.05, 3.63) is 11.9 Å². The van der Waals surface area contributed by atoms with Gasteiger partial charge in [0.05, 0.1) is 5.69 Å². The van der Waals surface area contributed by atoms with Crippen LogP contribution in [0.5, 0.6) is 0 Å². The summed E-state index contributed by atoms with van der Waals surface area (Å²) in [5.41, 5.74) is 5.50. The Balaban J connectivity index is 2.11. The summed E-state index contributed by atoms with van der Waals surface area (Å²) in [4.78, 5) is 13.9. The lowest BCUT2D eigenvalue weighted by Crippen LogP contribution is -2.38. The number of anilines is 1. The summed E-state index contributed by atoms with van der Waals surface area (Å²) in [6.07, 6.45) is 1.74. The highest BCUT2D eigenvalue weighted by atomic mass is 19.4. The van der Waals surface area contributed by atoms with Crippen LogP contribution in [0.25, 0.3) is 0 Å². The van der Waals surface area contributed by atoms with Crippen LogP contribution in [0.1, 0.15) is 42.6 Å². The van der Waals surface area contributed by atoms with Crippen LogP contribution in [0.15, 0.2) is 6.20 Å². The minimum Gasteiger partial charge on any atom is -0.396 e. The van der Waals surface area contributed by atoms with Gasteiger partial charge in [-0.15, -0.1) is 0 Å². The van der Waals surface area contributed by atoms with Crippen LogP contribution >= 0.6 is 0 Å². The molecule has 1 aliphatic rings. The van der Waals surface area contributed by atoms with Gasteiger partial charge in [0.1, 0.15) is 6.54 Å². The standard InChI is InChI=1S/C13H19F3N4O/c1-19(9-5-3-2-4-6-9)12(21)11-10(17)7-20(18-11)8-13(14,15)16/h7,9H,2-6,8,17H2,1H3. The SMILES string of the molecule is CN(C(=O)c1nn(CC(F)(F)F)cc1N)C1CCCCC1. The van der Waals surface area contributed by atoms with Gasteiger partial charge in [-0.25, -0.2) is 0 Å². The number of amides is 1. The van der Waals surface area contributed by atoms with Crippen LogP contribution in [-0.2, 0) is 6.54 Å². The maximum absolute atomic E-state index is 12.3. The monoisotopic (exact) mass is 304 g/mol. The molecular formula is C13H19F3N4O. The second-order valence-electron chi connectivity index (χ2n) is 5.45. The summed E-state index contributed by atoms with van der Waals surface area (Å²) in [6.45, 7) is -1.25. The van der Waals surface area contributed by atoms with E-state index in [4.69, 9.17) is 5.73 Å². The van der Waals surface area contributed by atoms with E-state index in [1.807, 2.05) is 0 Å². The Morgan fingerprint density at radius 2 is 2.05 bits per heavy atom. The van der Waals surface area contributed by atoms with Crippen molar-refractivity contribution >= 4 is 11.6 Å². The smallest absolute Gasteiger partial charge is 0.396 e.